The number of ether oxygens (including phenoxy) is 2. The number of amides is 1. The second-order valence-corrected chi connectivity index (χ2v) is 10.8. The third-order valence-corrected chi connectivity index (χ3v) is 8.80. The molecule has 4 aromatic carbocycles. The number of Topliss-reactive ketones (excluding diaryl/α,β-unsaturated/α-hetero) is 2. The lowest BCUT2D eigenvalue weighted by molar-refractivity contribution is -0.121. The number of methoxy groups -OCH3 is 2. The minimum Gasteiger partial charge on any atom is -0.497 e. The minimum atomic E-state index is -1.38. The van der Waals surface area contributed by atoms with Gasteiger partial charge < -0.3 is 19.7 Å². The summed E-state index contributed by atoms with van der Waals surface area (Å²) in [4.78, 5) is 46.1. The van der Waals surface area contributed by atoms with Crippen molar-refractivity contribution in [3.8, 4) is 11.5 Å². The molecule has 1 amide bonds. The normalized spacial score (nSPS) is 23.1. The molecular weight excluding hydrogens is 528 g/mol. The lowest BCUT2D eigenvalue weighted by atomic mass is 9.64. The molecule has 0 aliphatic carbocycles. The fraction of sp³-hybridized carbons (Fsp3) is 0.171. The monoisotopic (exact) mass is 556 g/mol. The van der Waals surface area contributed by atoms with Gasteiger partial charge in [-0.25, -0.2) is 0 Å². The second-order valence-electron chi connectivity index (χ2n) is 10.8. The Kier molecular flexibility index (Phi) is 5.97. The fourth-order valence-electron chi connectivity index (χ4n) is 7.02. The summed E-state index contributed by atoms with van der Waals surface area (Å²) >= 11 is 0. The van der Waals surface area contributed by atoms with Crippen molar-refractivity contribution < 1.29 is 23.9 Å². The van der Waals surface area contributed by atoms with Crippen LogP contribution in [-0.2, 0) is 10.2 Å². The van der Waals surface area contributed by atoms with Crippen molar-refractivity contribution in [2.75, 3.05) is 24.4 Å². The number of anilines is 2. The number of carbonyl (C=O) groups is 3. The van der Waals surface area contributed by atoms with Gasteiger partial charge in [-0.1, -0.05) is 72.8 Å². The molecule has 0 bridgehead atoms. The Hall–Kier alpha value is -5.17. The summed E-state index contributed by atoms with van der Waals surface area (Å²) in [5.41, 5.74) is 2.45. The van der Waals surface area contributed by atoms with Crippen LogP contribution in [-0.4, -0.2) is 43.8 Å². The van der Waals surface area contributed by atoms with E-state index in [2.05, 4.69) is 5.32 Å². The molecule has 42 heavy (non-hydrogen) atoms. The van der Waals surface area contributed by atoms with Crippen LogP contribution < -0.4 is 19.7 Å². The van der Waals surface area contributed by atoms with Gasteiger partial charge in [0.2, 0.25) is 5.91 Å². The minimum absolute atomic E-state index is 0.265. The highest BCUT2D eigenvalue weighted by atomic mass is 16.5. The molecule has 4 atom stereocenters. The van der Waals surface area contributed by atoms with Crippen molar-refractivity contribution in [2.24, 2.45) is 5.92 Å². The third-order valence-electron chi connectivity index (χ3n) is 8.80. The molecule has 3 aliphatic rings. The maximum atomic E-state index is 14.9. The Bertz CT molecular complexity index is 1800. The zero-order chi connectivity index (χ0) is 29.0. The smallest absolute Gasteiger partial charge is 0.238 e. The number of nitrogens with zero attached hydrogens (tertiary/aromatic N) is 1. The van der Waals surface area contributed by atoms with E-state index in [4.69, 9.17) is 9.47 Å². The van der Waals surface area contributed by atoms with Crippen LogP contribution in [0.5, 0.6) is 11.5 Å². The van der Waals surface area contributed by atoms with Gasteiger partial charge in [0.1, 0.15) is 23.0 Å². The summed E-state index contributed by atoms with van der Waals surface area (Å²) in [6.45, 7) is 0. The average Bonchev–Trinajstić information content (AvgIpc) is 3.52. The summed E-state index contributed by atoms with van der Waals surface area (Å²) in [6.07, 6.45) is 3.95. The van der Waals surface area contributed by atoms with E-state index < -0.39 is 23.4 Å². The van der Waals surface area contributed by atoms with E-state index in [9.17, 15) is 14.4 Å². The average molecular weight is 557 g/mol. The van der Waals surface area contributed by atoms with Gasteiger partial charge in [0, 0.05) is 22.5 Å². The molecule has 3 heterocycles. The molecule has 1 saturated heterocycles. The molecule has 0 aromatic heterocycles. The molecule has 3 aliphatic heterocycles. The van der Waals surface area contributed by atoms with Crippen LogP contribution in [0.25, 0.3) is 6.08 Å². The quantitative estimate of drug-likeness (QED) is 0.313. The zero-order valence-corrected chi connectivity index (χ0v) is 23.1. The SMILES string of the molecule is COc1cccc(C(=O)[C@@H]2[C@H](C(=O)c3cccc(OC)c3)[C@]3(C(=O)Nc4ccccc43)[C@H]3C=Cc4ccccc4N23)c1. The predicted molar refractivity (Wildman–Crippen MR) is 160 cm³/mol. The first kappa shape index (κ1) is 25.8. The number of para-hydroxylation sites is 2. The van der Waals surface area contributed by atoms with Crippen molar-refractivity contribution in [2.45, 2.75) is 17.5 Å². The highest BCUT2D eigenvalue weighted by Crippen LogP contribution is 2.58. The Labute approximate surface area is 243 Å². The number of benzene rings is 4. The summed E-state index contributed by atoms with van der Waals surface area (Å²) in [7, 11) is 3.09. The van der Waals surface area contributed by atoms with Gasteiger partial charge in [-0.3, -0.25) is 14.4 Å². The molecular formula is C35H28N2O5. The summed E-state index contributed by atoms with van der Waals surface area (Å²) < 4.78 is 10.9. The standard InChI is InChI=1S/C35H28N2O5/c1-41-24-12-7-10-22(19-24)32(38)30-31(33(39)23-11-8-13-25(20-23)42-2)37-28-16-6-3-9-21(28)17-18-29(37)35(30)26-14-4-5-15-27(26)36-34(35)40/h3-20,29-31H,1-2H3,(H,36,40)/t29-,30-,31+,35-/m1/s1. The van der Waals surface area contributed by atoms with Crippen molar-refractivity contribution in [3.63, 3.8) is 0 Å². The molecule has 7 nitrogen and oxygen atoms in total. The molecule has 7 heteroatoms. The van der Waals surface area contributed by atoms with Crippen LogP contribution in [0.4, 0.5) is 11.4 Å². The number of hydrogen-bond acceptors (Lipinski definition) is 6. The van der Waals surface area contributed by atoms with Crippen molar-refractivity contribution in [1.82, 2.24) is 0 Å². The Morgan fingerprint density at radius 2 is 1.43 bits per heavy atom. The van der Waals surface area contributed by atoms with Gasteiger partial charge in [-0.05, 0) is 47.5 Å². The number of carbonyl (C=O) groups excluding carboxylic acids is 3. The first-order valence-corrected chi connectivity index (χ1v) is 13.8. The van der Waals surface area contributed by atoms with E-state index in [1.165, 1.54) is 0 Å². The first-order valence-electron chi connectivity index (χ1n) is 13.8. The number of fused-ring (bicyclic) bond motifs is 6. The van der Waals surface area contributed by atoms with Crippen LogP contribution >= 0.6 is 0 Å². The van der Waals surface area contributed by atoms with Gasteiger partial charge in [0.05, 0.1) is 26.2 Å². The Morgan fingerprint density at radius 1 is 0.786 bits per heavy atom. The van der Waals surface area contributed by atoms with E-state index in [0.717, 1.165) is 11.3 Å². The van der Waals surface area contributed by atoms with Crippen molar-refractivity contribution in [3.05, 3.63) is 125 Å². The molecule has 4 aromatic rings. The number of hydrogen-bond donors (Lipinski definition) is 1. The van der Waals surface area contributed by atoms with Crippen LogP contribution in [0.3, 0.4) is 0 Å². The van der Waals surface area contributed by atoms with Crippen molar-refractivity contribution in [1.29, 1.82) is 0 Å². The molecule has 208 valence electrons. The van der Waals surface area contributed by atoms with E-state index in [0.29, 0.717) is 33.9 Å². The van der Waals surface area contributed by atoms with E-state index in [1.807, 2.05) is 65.6 Å². The molecule has 1 fully saturated rings. The highest BCUT2D eigenvalue weighted by Gasteiger charge is 2.70. The van der Waals surface area contributed by atoms with Crippen LogP contribution in [0.15, 0.2) is 103 Å². The largest absolute Gasteiger partial charge is 0.497 e. The molecule has 0 saturated carbocycles. The molecule has 0 radical (unpaired) electrons. The van der Waals surface area contributed by atoms with Gasteiger partial charge in [-0.15, -0.1) is 0 Å². The number of rotatable bonds is 6. The Balaban J connectivity index is 1.53. The van der Waals surface area contributed by atoms with Crippen LogP contribution in [0, 0.1) is 5.92 Å². The van der Waals surface area contributed by atoms with E-state index in [1.54, 1.807) is 62.8 Å². The maximum Gasteiger partial charge on any atom is 0.238 e. The third kappa shape index (κ3) is 3.56. The van der Waals surface area contributed by atoms with Gasteiger partial charge in [0.15, 0.2) is 11.6 Å². The maximum absolute atomic E-state index is 14.9. The van der Waals surface area contributed by atoms with Gasteiger partial charge >= 0.3 is 0 Å². The first-order chi connectivity index (χ1) is 20.5. The van der Waals surface area contributed by atoms with Crippen LogP contribution in [0.2, 0.25) is 0 Å². The topological polar surface area (TPSA) is 84.9 Å². The highest BCUT2D eigenvalue weighted by molar-refractivity contribution is 6.18. The van der Waals surface area contributed by atoms with E-state index in [-0.39, 0.29) is 17.5 Å². The van der Waals surface area contributed by atoms with Crippen LogP contribution in [0.1, 0.15) is 31.8 Å². The second kappa shape index (κ2) is 9.73. The molecule has 1 N–H and O–H groups in total. The fourth-order valence-corrected chi connectivity index (χ4v) is 7.02. The molecule has 1 spiro atoms. The number of nitrogens with one attached hydrogen (secondary N) is 1. The lowest BCUT2D eigenvalue weighted by Gasteiger charge is -2.37. The summed E-state index contributed by atoms with van der Waals surface area (Å²) in [5.74, 6) is -0.884. The van der Waals surface area contributed by atoms with Crippen molar-refractivity contribution >= 4 is 34.9 Å². The Morgan fingerprint density at radius 3 is 2.14 bits per heavy atom. The lowest BCUT2D eigenvalue weighted by Crippen LogP contribution is -2.51. The van der Waals surface area contributed by atoms with Gasteiger partial charge in [0.25, 0.3) is 0 Å². The molecule has 7 rings (SSSR count). The zero-order valence-electron chi connectivity index (χ0n) is 23.1. The predicted octanol–water partition coefficient (Wildman–Crippen LogP) is 5.56. The summed E-state index contributed by atoms with van der Waals surface area (Å²) in [5, 5.41) is 3.06. The summed E-state index contributed by atoms with van der Waals surface area (Å²) in [6, 6.07) is 27.5. The van der Waals surface area contributed by atoms with Gasteiger partial charge in [-0.2, -0.15) is 0 Å². The molecule has 0 unspecified atom stereocenters. The number of ketones is 2. The van der Waals surface area contributed by atoms with E-state index >= 15 is 0 Å².